The maximum absolute atomic E-state index is 12.9. The highest BCUT2D eigenvalue weighted by molar-refractivity contribution is 5.94. The number of benzene rings is 1. The van der Waals surface area contributed by atoms with Crippen molar-refractivity contribution in [2.45, 2.75) is 0 Å². The first-order chi connectivity index (χ1) is 14.6. The molecule has 30 heavy (non-hydrogen) atoms. The summed E-state index contributed by atoms with van der Waals surface area (Å²) in [4.78, 5) is 36.2. The largest absolute Gasteiger partial charge is 0.480 e. The average molecular weight is 409 g/mol. The van der Waals surface area contributed by atoms with E-state index in [9.17, 15) is 9.59 Å². The number of aliphatic carboxylic acids is 1. The zero-order valence-electron chi connectivity index (χ0n) is 17.0. The van der Waals surface area contributed by atoms with Crippen LogP contribution in [0, 0.1) is 0 Å². The van der Waals surface area contributed by atoms with Gasteiger partial charge in [-0.05, 0) is 36.4 Å². The average Bonchev–Trinajstić information content (AvgIpc) is 2.80. The van der Waals surface area contributed by atoms with E-state index in [1.54, 1.807) is 12.4 Å². The lowest BCUT2D eigenvalue weighted by Crippen LogP contribution is -2.49. The zero-order chi connectivity index (χ0) is 20.9. The number of carbonyl (C=O) groups excluding carboxylic acids is 1. The molecule has 0 radical (unpaired) electrons. The fourth-order valence-corrected chi connectivity index (χ4v) is 4.08. The van der Waals surface area contributed by atoms with Gasteiger partial charge in [-0.1, -0.05) is 0 Å². The van der Waals surface area contributed by atoms with Crippen LogP contribution in [0.2, 0.25) is 0 Å². The molecule has 2 fully saturated rings. The van der Waals surface area contributed by atoms with Crippen LogP contribution in [0.15, 0.2) is 48.8 Å². The Kier molecular flexibility index (Phi) is 6.13. The van der Waals surface area contributed by atoms with Crippen LogP contribution in [-0.2, 0) is 4.79 Å². The Morgan fingerprint density at radius 3 is 1.87 bits per heavy atom. The van der Waals surface area contributed by atoms with Gasteiger partial charge in [-0.15, -0.1) is 0 Å². The Morgan fingerprint density at radius 1 is 0.767 bits per heavy atom. The molecule has 0 unspecified atom stereocenters. The second kappa shape index (κ2) is 9.13. The number of piperazine rings is 2. The molecule has 0 spiro atoms. The molecule has 1 aromatic carbocycles. The highest BCUT2D eigenvalue weighted by Crippen LogP contribution is 2.20. The van der Waals surface area contributed by atoms with Crippen LogP contribution < -0.4 is 9.80 Å². The molecule has 8 heteroatoms. The number of carboxylic acid groups (broad SMARTS) is 1. The summed E-state index contributed by atoms with van der Waals surface area (Å²) in [5.74, 6) is -0.713. The van der Waals surface area contributed by atoms with Gasteiger partial charge in [0.25, 0.3) is 5.91 Å². The molecule has 1 amide bonds. The van der Waals surface area contributed by atoms with E-state index in [1.807, 2.05) is 46.2 Å². The summed E-state index contributed by atoms with van der Waals surface area (Å²) in [5.41, 5.74) is 2.93. The van der Waals surface area contributed by atoms with Gasteiger partial charge in [-0.25, -0.2) is 0 Å². The lowest BCUT2D eigenvalue weighted by atomic mass is 10.1. The van der Waals surface area contributed by atoms with Crippen molar-refractivity contribution in [2.24, 2.45) is 0 Å². The summed E-state index contributed by atoms with van der Waals surface area (Å²) in [6.07, 6.45) is 3.58. The predicted molar refractivity (Wildman–Crippen MR) is 115 cm³/mol. The molecule has 158 valence electrons. The molecular weight excluding hydrogens is 382 g/mol. The van der Waals surface area contributed by atoms with Crippen molar-refractivity contribution in [1.29, 1.82) is 0 Å². The smallest absolute Gasteiger partial charge is 0.317 e. The topological polar surface area (TPSA) is 80.2 Å². The lowest BCUT2D eigenvalue weighted by molar-refractivity contribution is -0.138. The maximum Gasteiger partial charge on any atom is 0.317 e. The molecular formula is C22H27N5O3. The fraction of sp³-hybridized carbons (Fsp3) is 0.409. The van der Waals surface area contributed by atoms with Crippen molar-refractivity contribution in [3.8, 4) is 0 Å². The van der Waals surface area contributed by atoms with Crippen LogP contribution in [0.5, 0.6) is 0 Å². The first-order valence-corrected chi connectivity index (χ1v) is 10.3. The quantitative estimate of drug-likeness (QED) is 0.796. The Morgan fingerprint density at radius 2 is 1.30 bits per heavy atom. The minimum Gasteiger partial charge on any atom is -0.480 e. The first kappa shape index (κ1) is 20.2. The van der Waals surface area contributed by atoms with E-state index in [4.69, 9.17) is 5.11 Å². The van der Waals surface area contributed by atoms with Crippen LogP contribution >= 0.6 is 0 Å². The van der Waals surface area contributed by atoms with Gasteiger partial charge >= 0.3 is 5.97 Å². The molecule has 0 aliphatic carbocycles. The van der Waals surface area contributed by atoms with Crippen LogP contribution in [0.1, 0.15) is 10.4 Å². The third-order valence-electron chi connectivity index (χ3n) is 5.81. The highest BCUT2D eigenvalue weighted by Gasteiger charge is 2.23. The number of rotatable bonds is 5. The van der Waals surface area contributed by atoms with Crippen molar-refractivity contribution in [2.75, 3.05) is 68.7 Å². The van der Waals surface area contributed by atoms with E-state index in [2.05, 4.69) is 14.8 Å². The van der Waals surface area contributed by atoms with E-state index in [0.717, 1.165) is 50.6 Å². The van der Waals surface area contributed by atoms with Gasteiger partial charge in [0.2, 0.25) is 0 Å². The van der Waals surface area contributed by atoms with E-state index < -0.39 is 5.97 Å². The van der Waals surface area contributed by atoms with Crippen molar-refractivity contribution in [1.82, 2.24) is 14.8 Å². The highest BCUT2D eigenvalue weighted by atomic mass is 16.4. The van der Waals surface area contributed by atoms with Crippen molar-refractivity contribution in [3.05, 3.63) is 54.4 Å². The molecule has 4 rings (SSSR count). The van der Waals surface area contributed by atoms with Gasteiger partial charge in [0.1, 0.15) is 0 Å². The van der Waals surface area contributed by atoms with Crippen LogP contribution in [0.25, 0.3) is 0 Å². The van der Waals surface area contributed by atoms with Gasteiger partial charge in [-0.2, -0.15) is 0 Å². The number of hydrogen-bond donors (Lipinski definition) is 1. The van der Waals surface area contributed by atoms with Gasteiger partial charge in [0, 0.05) is 81.7 Å². The molecule has 0 saturated carbocycles. The summed E-state index contributed by atoms with van der Waals surface area (Å²) in [7, 11) is 0. The summed E-state index contributed by atoms with van der Waals surface area (Å²) < 4.78 is 0. The molecule has 3 heterocycles. The Hall–Kier alpha value is -3.13. The second-order valence-corrected chi connectivity index (χ2v) is 7.69. The van der Waals surface area contributed by atoms with Crippen molar-refractivity contribution >= 4 is 23.3 Å². The molecule has 0 atom stereocenters. The van der Waals surface area contributed by atoms with Crippen molar-refractivity contribution < 1.29 is 14.7 Å². The minimum absolute atomic E-state index is 0.0715. The number of carbonyl (C=O) groups is 2. The fourth-order valence-electron chi connectivity index (χ4n) is 4.08. The third kappa shape index (κ3) is 4.71. The predicted octanol–water partition coefficient (Wildman–Crippen LogP) is 1.25. The Labute approximate surface area is 176 Å². The number of aromatic nitrogens is 1. The second-order valence-electron chi connectivity index (χ2n) is 7.69. The molecule has 2 aliphatic heterocycles. The molecule has 2 aliphatic rings. The number of pyridine rings is 1. The zero-order valence-corrected chi connectivity index (χ0v) is 17.0. The molecule has 2 aromatic rings. The van der Waals surface area contributed by atoms with Gasteiger partial charge in [0.05, 0.1) is 6.54 Å². The first-order valence-electron chi connectivity index (χ1n) is 10.3. The van der Waals surface area contributed by atoms with Crippen molar-refractivity contribution in [3.63, 3.8) is 0 Å². The van der Waals surface area contributed by atoms with Crippen LogP contribution in [-0.4, -0.2) is 90.7 Å². The Bertz CT molecular complexity index is 858. The number of nitrogens with zero attached hydrogens (tertiary/aromatic N) is 5. The number of amides is 1. The maximum atomic E-state index is 12.9. The lowest BCUT2D eigenvalue weighted by Gasteiger charge is -2.36. The van der Waals surface area contributed by atoms with E-state index in [0.29, 0.717) is 18.7 Å². The number of hydrogen-bond acceptors (Lipinski definition) is 6. The van der Waals surface area contributed by atoms with E-state index in [1.165, 1.54) is 0 Å². The molecule has 1 N–H and O–H groups in total. The normalized spacial score (nSPS) is 17.8. The van der Waals surface area contributed by atoms with E-state index in [-0.39, 0.29) is 12.5 Å². The molecule has 0 bridgehead atoms. The number of anilines is 2. The summed E-state index contributed by atoms with van der Waals surface area (Å²) >= 11 is 0. The Balaban J connectivity index is 1.30. The van der Waals surface area contributed by atoms with Gasteiger partial charge < -0.3 is 19.8 Å². The van der Waals surface area contributed by atoms with Crippen LogP contribution in [0.3, 0.4) is 0 Å². The molecule has 8 nitrogen and oxygen atoms in total. The number of carboxylic acids is 1. The van der Waals surface area contributed by atoms with E-state index >= 15 is 0 Å². The third-order valence-corrected chi connectivity index (χ3v) is 5.81. The summed E-state index contributed by atoms with van der Waals surface area (Å²) in [6, 6.07) is 11.8. The van der Waals surface area contributed by atoms with Crippen LogP contribution in [0.4, 0.5) is 11.4 Å². The summed E-state index contributed by atoms with van der Waals surface area (Å²) in [6.45, 7) is 6.17. The SMILES string of the molecule is O=C(O)CN1CCN(c2ccc(C(=O)N3CCN(c4ccncc4)CC3)cc2)CC1. The molecule has 2 saturated heterocycles. The summed E-state index contributed by atoms with van der Waals surface area (Å²) in [5, 5.41) is 8.91. The standard InChI is InChI=1S/C22H27N5O3/c28-21(29)17-24-9-11-25(12-10-24)19-3-1-18(2-4-19)22(30)27-15-13-26(14-16-27)20-5-7-23-8-6-20/h1-8H,9-17H2,(H,28,29). The monoisotopic (exact) mass is 409 g/mol. The molecule has 1 aromatic heterocycles. The minimum atomic E-state index is -0.784. The van der Waals surface area contributed by atoms with Gasteiger partial charge in [0.15, 0.2) is 0 Å². The van der Waals surface area contributed by atoms with Gasteiger partial charge in [-0.3, -0.25) is 19.5 Å².